The molecule has 0 unspecified atom stereocenters. The van der Waals surface area contributed by atoms with Gasteiger partial charge in [0, 0.05) is 17.1 Å². The zero-order valence-electron chi connectivity index (χ0n) is 8.53. The van der Waals surface area contributed by atoms with Gasteiger partial charge in [0.15, 0.2) is 11.4 Å². The minimum Gasteiger partial charge on any atom is -0.491 e. The van der Waals surface area contributed by atoms with Crippen LogP contribution in [0.15, 0.2) is 16.6 Å². The van der Waals surface area contributed by atoms with E-state index in [2.05, 4.69) is 21.2 Å². The fourth-order valence-electron chi connectivity index (χ4n) is 1.63. The van der Waals surface area contributed by atoms with E-state index >= 15 is 0 Å². The van der Waals surface area contributed by atoms with Crippen LogP contribution in [0.1, 0.15) is 12.8 Å². The maximum Gasteiger partial charge on any atom is 0.297 e. The first kappa shape index (κ1) is 11.2. The maximum atomic E-state index is 10.9. The van der Waals surface area contributed by atoms with E-state index in [9.17, 15) is 10.1 Å². The highest BCUT2D eigenvalue weighted by atomic mass is 79.9. The molecule has 86 valence electrons. The fraction of sp³-hybridized carbons (Fsp3) is 0.400. The Balaban J connectivity index is 2.48. The number of nitrogens with one attached hydrogen (secondary N) is 1. The van der Waals surface area contributed by atoms with Crippen molar-refractivity contribution >= 4 is 27.3 Å². The van der Waals surface area contributed by atoms with E-state index in [0.717, 1.165) is 19.4 Å². The molecule has 0 aromatic heterocycles. The zero-order chi connectivity index (χ0) is 11.5. The summed E-state index contributed by atoms with van der Waals surface area (Å²) in [5.74, 6) is 0.542. The largest absolute Gasteiger partial charge is 0.491 e. The molecule has 0 aliphatic carbocycles. The van der Waals surface area contributed by atoms with Crippen LogP contribution in [0.4, 0.5) is 11.4 Å². The van der Waals surface area contributed by atoms with Crippen LogP contribution in [0, 0.1) is 10.1 Å². The summed E-state index contributed by atoms with van der Waals surface area (Å²) >= 11 is 3.24. The lowest BCUT2D eigenvalue weighted by Gasteiger charge is -2.17. The SMILES string of the molecule is O=[N+]([O-])c1cc(Br)cc2c1NCCCCO2. The Hall–Kier alpha value is -1.30. The fourth-order valence-corrected chi connectivity index (χ4v) is 2.05. The Labute approximate surface area is 101 Å². The molecule has 0 fully saturated rings. The zero-order valence-corrected chi connectivity index (χ0v) is 10.1. The number of rotatable bonds is 1. The van der Waals surface area contributed by atoms with Crippen molar-refractivity contribution < 1.29 is 9.66 Å². The Bertz CT molecular complexity index is 423. The molecule has 0 bridgehead atoms. The van der Waals surface area contributed by atoms with Crippen LogP contribution in [0.25, 0.3) is 0 Å². The van der Waals surface area contributed by atoms with Crippen molar-refractivity contribution in [1.29, 1.82) is 0 Å². The van der Waals surface area contributed by atoms with Gasteiger partial charge in [0.1, 0.15) is 0 Å². The molecule has 1 aromatic carbocycles. The van der Waals surface area contributed by atoms with Crippen molar-refractivity contribution in [2.75, 3.05) is 18.5 Å². The molecule has 0 saturated heterocycles. The smallest absolute Gasteiger partial charge is 0.297 e. The third kappa shape index (κ3) is 2.27. The molecule has 0 amide bonds. The number of hydrogen-bond acceptors (Lipinski definition) is 4. The van der Waals surface area contributed by atoms with Crippen LogP contribution in [0.5, 0.6) is 5.75 Å². The van der Waals surface area contributed by atoms with Gasteiger partial charge in [-0.25, -0.2) is 0 Å². The van der Waals surface area contributed by atoms with Crippen molar-refractivity contribution in [3.8, 4) is 5.75 Å². The number of benzene rings is 1. The van der Waals surface area contributed by atoms with Gasteiger partial charge in [0.05, 0.1) is 11.5 Å². The van der Waals surface area contributed by atoms with Crippen molar-refractivity contribution in [2.24, 2.45) is 0 Å². The van der Waals surface area contributed by atoms with Gasteiger partial charge in [0.2, 0.25) is 0 Å². The molecule has 5 nitrogen and oxygen atoms in total. The molecule has 1 aliphatic heterocycles. The van der Waals surface area contributed by atoms with Crippen molar-refractivity contribution in [3.05, 3.63) is 26.7 Å². The highest BCUT2D eigenvalue weighted by Gasteiger charge is 2.21. The van der Waals surface area contributed by atoms with Crippen LogP contribution in [-0.2, 0) is 0 Å². The average molecular weight is 287 g/mol. The normalized spacial score (nSPS) is 15.1. The molecule has 2 rings (SSSR count). The molecule has 0 radical (unpaired) electrons. The Morgan fingerprint density at radius 3 is 3.00 bits per heavy atom. The number of fused-ring (bicyclic) bond motifs is 1. The summed E-state index contributed by atoms with van der Waals surface area (Å²) in [4.78, 5) is 10.5. The number of nitro benzene ring substituents is 1. The third-order valence-corrected chi connectivity index (χ3v) is 2.83. The van der Waals surface area contributed by atoms with Crippen LogP contribution in [0.2, 0.25) is 0 Å². The van der Waals surface area contributed by atoms with E-state index < -0.39 is 4.92 Å². The molecular weight excluding hydrogens is 276 g/mol. The molecule has 1 aromatic rings. The predicted octanol–water partition coefficient (Wildman–Crippen LogP) is 2.94. The summed E-state index contributed by atoms with van der Waals surface area (Å²) in [5, 5.41) is 14.0. The van der Waals surface area contributed by atoms with Crippen LogP contribution >= 0.6 is 15.9 Å². The molecule has 1 aliphatic rings. The minimum atomic E-state index is -0.401. The van der Waals surface area contributed by atoms with Gasteiger partial charge in [-0.1, -0.05) is 15.9 Å². The Morgan fingerprint density at radius 2 is 2.25 bits per heavy atom. The lowest BCUT2D eigenvalue weighted by Crippen LogP contribution is -2.12. The van der Waals surface area contributed by atoms with Crippen molar-refractivity contribution in [1.82, 2.24) is 0 Å². The molecule has 16 heavy (non-hydrogen) atoms. The number of nitrogens with zero attached hydrogens (tertiary/aromatic N) is 1. The van der Waals surface area contributed by atoms with E-state index in [-0.39, 0.29) is 5.69 Å². The molecule has 6 heteroatoms. The molecule has 1 heterocycles. The van der Waals surface area contributed by atoms with Crippen molar-refractivity contribution in [3.63, 3.8) is 0 Å². The maximum absolute atomic E-state index is 10.9. The first-order chi connectivity index (χ1) is 7.68. The lowest BCUT2D eigenvalue weighted by molar-refractivity contribution is -0.384. The molecule has 0 saturated carbocycles. The van der Waals surface area contributed by atoms with E-state index in [0.29, 0.717) is 22.5 Å². The van der Waals surface area contributed by atoms with E-state index in [1.807, 2.05) is 0 Å². The third-order valence-electron chi connectivity index (χ3n) is 2.37. The Kier molecular flexibility index (Phi) is 3.28. The summed E-state index contributed by atoms with van der Waals surface area (Å²) in [6.45, 7) is 1.33. The van der Waals surface area contributed by atoms with Crippen LogP contribution < -0.4 is 10.1 Å². The summed E-state index contributed by atoms with van der Waals surface area (Å²) < 4.78 is 6.16. The second-order valence-corrected chi connectivity index (χ2v) is 4.45. The molecular formula is C10H11BrN2O3. The number of anilines is 1. The van der Waals surface area contributed by atoms with Gasteiger partial charge >= 0.3 is 0 Å². The minimum absolute atomic E-state index is 0.0475. The first-order valence-electron chi connectivity index (χ1n) is 5.03. The summed E-state index contributed by atoms with van der Waals surface area (Å²) in [7, 11) is 0. The second-order valence-electron chi connectivity index (χ2n) is 3.54. The van der Waals surface area contributed by atoms with Crippen LogP contribution in [-0.4, -0.2) is 18.1 Å². The molecule has 0 atom stereocenters. The van der Waals surface area contributed by atoms with Gasteiger partial charge in [-0.05, 0) is 18.9 Å². The van der Waals surface area contributed by atoms with Crippen LogP contribution in [0.3, 0.4) is 0 Å². The van der Waals surface area contributed by atoms with Gasteiger partial charge < -0.3 is 10.1 Å². The highest BCUT2D eigenvalue weighted by Crippen LogP contribution is 2.38. The topological polar surface area (TPSA) is 64.4 Å². The highest BCUT2D eigenvalue weighted by molar-refractivity contribution is 9.10. The number of ether oxygens (including phenoxy) is 1. The molecule has 1 N–H and O–H groups in total. The monoisotopic (exact) mass is 286 g/mol. The Morgan fingerprint density at radius 1 is 1.44 bits per heavy atom. The number of hydrogen-bond donors (Lipinski definition) is 1. The van der Waals surface area contributed by atoms with Gasteiger partial charge in [-0.3, -0.25) is 10.1 Å². The van der Waals surface area contributed by atoms with Gasteiger partial charge in [-0.2, -0.15) is 0 Å². The lowest BCUT2D eigenvalue weighted by atomic mass is 10.2. The van der Waals surface area contributed by atoms with Gasteiger partial charge in [0.25, 0.3) is 5.69 Å². The van der Waals surface area contributed by atoms with E-state index in [1.54, 1.807) is 6.07 Å². The second kappa shape index (κ2) is 4.69. The summed E-state index contributed by atoms with van der Waals surface area (Å²) in [6, 6.07) is 3.23. The quantitative estimate of drug-likeness (QED) is 0.637. The number of halogens is 1. The van der Waals surface area contributed by atoms with E-state index in [4.69, 9.17) is 4.74 Å². The summed E-state index contributed by atoms with van der Waals surface area (Å²) in [5.41, 5.74) is 0.527. The average Bonchev–Trinajstić information content (AvgIpc) is 2.19. The first-order valence-corrected chi connectivity index (χ1v) is 5.82. The van der Waals surface area contributed by atoms with Crippen molar-refractivity contribution in [2.45, 2.75) is 12.8 Å². The summed E-state index contributed by atoms with van der Waals surface area (Å²) in [6.07, 6.45) is 1.90. The van der Waals surface area contributed by atoms with E-state index in [1.165, 1.54) is 6.07 Å². The predicted molar refractivity (Wildman–Crippen MR) is 64.0 cm³/mol. The van der Waals surface area contributed by atoms with Gasteiger partial charge in [-0.15, -0.1) is 0 Å². The molecule has 0 spiro atoms. The standard InChI is InChI=1S/C10H11BrN2O3/c11-7-5-8(13(14)15)10-9(6-7)16-4-2-1-3-12-10/h5-6,12H,1-4H2. The number of nitro groups is 1.